The van der Waals surface area contributed by atoms with Gasteiger partial charge in [0.25, 0.3) is 10.0 Å². The van der Waals surface area contributed by atoms with E-state index in [1.165, 1.54) is 10.4 Å². The van der Waals surface area contributed by atoms with E-state index < -0.39 is 10.0 Å². The molecule has 1 aromatic carbocycles. The Morgan fingerprint density at radius 1 is 1.16 bits per heavy atom. The molecule has 170 valence electrons. The molecule has 2 aromatic heterocycles. The number of nitrogens with zero attached hydrogens (tertiary/aromatic N) is 4. The lowest BCUT2D eigenvalue weighted by atomic mass is 10.2. The lowest BCUT2D eigenvalue weighted by Gasteiger charge is -2.33. The van der Waals surface area contributed by atoms with Gasteiger partial charge in [-0.3, -0.25) is 4.79 Å². The number of carbonyl (C=O) groups excluding carboxylic acids is 1. The van der Waals surface area contributed by atoms with E-state index in [1.807, 2.05) is 24.3 Å². The monoisotopic (exact) mass is 496 g/mol. The second-order valence-corrected chi connectivity index (χ2v) is 11.0. The number of thiophene rings is 1. The van der Waals surface area contributed by atoms with E-state index in [9.17, 15) is 13.2 Å². The number of aromatic nitrogens is 2. The molecule has 32 heavy (non-hydrogen) atoms. The van der Waals surface area contributed by atoms with Crippen molar-refractivity contribution in [1.82, 2.24) is 19.3 Å². The van der Waals surface area contributed by atoms with E-state index in [1.54, 1.807) is 18.1 Å². The number of hydrogen-bond acceptors (Lipinski definition) is 8. The number of halogens is 1. The SMILES string of the molecule is COc1ccc(-c2noc(CCC(=O)N3CCN(S(=O)(=O)c4ccc(Cl)s4)CC3)n2)cc1. The second kappa shape index (κ2) is 9.57. The molecule has 1 amide bonds. The molecule has 0 aliphatic carbocycles. The van der Waals surface area contributed by atoms with Gasteiger partial charge in [0.15, 0.2) is 0 Å². The zero-order chi connectivity index (χ0) is 22.7. The molecular weight excluding hydrogens is 476 g/mol. The highest BCUT2D eigenvalue weighted by molar-refractivity contribution is 7.91. The highest BCUT2D eigenvalue weighted by Gasteiger charge is 2.31. The number of aryl methyl sites for hydroxylation is 1. The van der Waals surface area contributed by atoms with Crippen LogP contribution >= 0.6 is 22.9 Å². The lowest BCUT2D eigenvalue weighted by Crippen LogP contribution is -2.50. The van der Waals surface area contributed by atoms with Gasteiger partial charge in [-0.25, -0.2) is 8.42 Å². The third-order valence-corrected chi connectivity index (χ3v) is 8.70. The average Bonchev–Trinajstić information content (AvgIpc) is 3.47. The highest BCUT2D eigenvalue weighted by atomic mass is 35.5. The van der Waals surface area contributed by atoms with Crippen LogP contribution in [-0.2, 0) is 21.2 Å². The van der Waals surface area contributed by atoms with Gasteiger partial charge >= 0.3 is 0 Å². The zero-order valence-corrected chi connectivity index (χ0v) is 19.6. The first-order chi connectivity index (χ1) is 15.4. The molecule has 12 heteroatoms. The van der Waals surface area contributed by atoms with Crippen molar-refractivity contribution in [2.24, 2.45) is 0 Å². The summed E-state index contributed by atoms with van der Waals surface area (Å²) < 4.78 is 37.8. The van der Waals surface area contributed by atoms with Crippen LogP contribution in [0.4, 0.5) is 0 Å². The Bertz CT molecular complexity index is 1180. The lowest BCUT2D eigenvalue weighted by molar-refractivity contribution is -0.132. The van der Waals surface area contributed by atoms with Crippen molar-refractivity contribution in [1.29, 1.82) is 0 Å². The fraction of sp³-hybridized carbons (Fsp3) is 0.350. The molecule has 3 heterocycles. The predicted molar refractivity (Wildman–Crippen MR) is 119 cm³/mol. The molecule has 4 rings (SSSR count). The highest BCUT2D eigenvalue weighted by Crippen LogP contribution is 2.28. The number of piperazine rings is 1. The Labute approximate surface area is 194 Å². The smallest absolute Gasteiger partial charge is 0.252 e. The Kier molecular flexibility index (Phi) is 6.79. The maximum atomic E-state index is 12.7. The van der Waals surface area contributed by atoms with Crippen LogP contribution in [0.1, 0.15) is 12.3 Å². The summed E-state index contributed by atoms with van der Waals surface area (Å²) in [5, 5.41) is 3.97. The summed E-state index contributed by atoms with van der Waals surface area (Å²) >= 11 is 6.89. The molecule has 0 radical (unpaired) electrons. The largest absolute Gasteiger partial charge is 0.497 e. The van der Waals surface area contributed by atoms with Crippen molar-refractivity contribution in [2.45, 2.75) is 17.1 Å². The third kappa shape index (κ3) is 4.96. The molecule has 9 nitrogen and oxygen atoms in total. The van der Waals surface area contributed by atoms with Crippen LogP contribution in [-0.4, -0.2) is 67.0 Å². The minimum atomic E-state index is -3.59. The summed E-state index contributed by atoms with van der Waals surface area (Å²) in [5.41, 5.74) is 0.788. The Morgan fingerprint density at radius 2 is 1.88 bits per heavy atom. The van der Waals surface area contributed by atoms with Crippen LogP contribution in [0.3, 0.4) is 0 Å². The van der Waals surface area contributed by atoms with E-state index in [-0.39, 0.29) is 29.6 Å². The number of sulfonamides is 1. The van der Waals surface area contributed by atoms with E-state index in [4.69, 9.17) is 20.9 Å². The number of hydrogen-bond donors (Lipinski definition) is 0. The minimum Gasteiger partial charge on any atom is -0.497 e. The average molecular weight is 497 g/mol. The summed E-state index contributed by atoms with van der Waals surface area (Å²) in [5.74, 6) is 1.48. The number of ether oxygens (including phenoxy) is 1. The maximum Gasteiger partial charge on any atom is 0.252 e. The summed E-state index contributed by atoms with van der Waals surface area (Å²) in [6, 6.07) is 10.3. The Morgan fingerprint density at radius 3 is 2.50 bits per heavy atom. The molecule has 1 aliphatic heterocycles. The van der Waals surface area contributed by atoms with E-state index >= 15 is 0 Å². The molecule has 0 atom stereocenters. The van der Waals surface area contributed by atoms with Gasteiger partial charge in [-0.05, 0) is 36.4 Å². The number of amides is 1. The van der Waals surface area contributed by atoms with Crippen molar-refractivity contribution in [3.8, 4) is 17.1 Å². The number of methoxy groups -OCH3 is 1. The first-order valence-electron chi connectivity index (χ1n) is 9.87. The Balaban J connectivity index is 1.29. The summed E-state index contributed by atoms with van der Waals surface area (Å²) in [7, 11) is -1.99. The van der Waals surface area contributed by atoms with Crippen LogP contribution in [0.25, 0.3) is 11.4 Å². The van der Waals surface area contributed by atoms with Crippen molar-refractivity contribution < 1.29 is 22.5 Å². The fourth-order valence-corrected chi connectivity index (χ4v) is 6.39. The molecule has 0 N–H and O–H groups in total. The molecule has 3 aromatic rings. The fourth-order valence-electron chi connectivity index (χ4n) is 3.33. The Hall–Kier alpha value is -2.47. The van der Waals surface area contributed by atoms with Gasteiger partial charge in [-0.15, -0.1) is 11.3 Å². The van der Waals surface area contributed by atoms with Crippen LogP contribution in [0.15, 0.2) is 45.1 Å². The van der Waals surface area contributed by atoms with Crippen LogP contribution < -0.4 is 4.74 Å². The van der Waals surface area contributed by atoms with Crippen molar-refractivity contribution in [3.05, 3.63) is 46.6 Å². The van der Waals surface area contributed by atoms with E-state index in [0.29, 0.717) is 35.6 Å². The molecule has 1 fully saturated rings. The van der Waals surface area contributed by atoms with Gasteiger partial charge in [0.1, 0.15) is 9.96 Å². The van der Waals surface area contributed by atoms with Gasteiger partial charge in [0, 0.05) is 44.6 Å². The number of rotatable bonds is 7. The molecule has 1 saturated heterocycles. The third-order valence-electron chi connectivity index (χ3n) is 5.10. The molecular formula is C20H21ClN4O5S2. The molecule has 1 aliphatic rings. The molecule has 0 saturated carbocycles. The van der Waals surface area contributed by atoms with Gasteiger partial charge in [0.05, 0.1) is 11.4 Å². The molecule has 0 spiro atoms. The van der Waals surface area contributed by atoms with Crippen LogP contribution in [0, 0.1) is 0 Å². The summed E-state index contributed by atoms with van der Waals surface area (Å²) in [4.78, 5) is 18.6. The maximum absolute atomic E-state index is 12.7. The van der Waals surface area contributed by atoms with Gasteiger partial charge in [0.2, 0.25) is 17.6 Å². The molecule has 0 bridgehead atoms. The van der Waals surface area contributed by atoms with Crippen molar-refractivity contribution >= 4 is 38.9 Å². The normalized spacial score (nSPS) is 15.1. The summed E-state index contributed by atoms with van der Waals surface area (Å²) in [6.45, 7) is 1.15. The predicted octanol–water partition coefficient (Wildman–Crippen LogP) is 2.93. The quantitative estimate of drug-likeness (QED) is 0.495. The second-order valence-electron chi connectivity index (χ2n) is 7.08. The van der Waals surface area contributed by atoms with Crippen LogP contribution in [0.5, 0.6) is 5.75 Å². The zero-order valence-electron chi connectivity index (χ0n) is 17.2. The number of carbonyl (C=O) groups is 1. The van der Waals surface area contributed by atoms with Crippen molar-refractivity contribution in [3.63, 3.8) is 0 Å². The minimum absolute atomic E-state index is 0.0783. The number of benzene rings is 1. The van der Waals surface area contributed by atoms with Crippen molar-refractivity contribution in [2.75, 3.05) is 33.3 Å². The van der Waals surface area contributed by atoms with Crippen LogP contribution in [0.2, 0.25) is 4.34 Å². The van der Waals surface area contributed by atoms with E-state index in [0.717, 1.165) is 22.6 Å². The topological polar surface area (TPSA) is 106 Å². The summed E-state index contributed by atoms with van der Waals surface area (Å²) in [6.07, 6.45) is 0.520. The van der Waals surface area contributed by atoms with Gasteiger partial charge < -0.3 is 14.2 Å². The van der Waals surface area contributed by atoms with E-state index in [2.05, 4.69) is 10.1 Å². The van der Waals surface area contributed by atoms with Gasteiger partial charge in [-0.2, -0.15) is 9.29 Å². The standard InChI is InChI=1S/C20H21ClN4O5S2/c1-29-15-4-2-14(3-5-15)20-22-17(30-23-20)7-8-18(26)24-10-12-25(13-11-24)32(27,28)19-9-6-16(21)31-19/h2-6,9H,7-8,10-13H2,1H3. The van der Waals surface area contributed by atoms with Gasteiger partial charge in [-0.1, -0.05) is 16.8 Å². The first kappa shape index (κ1) is 22.7. The first-order valence-corrected chi connectivity index (χ1v) is 12.5. The molecule has 0 unspecified atom stereocenters.